The fourth-order valence-electron chi connectivity index (χ4n) is 1.81. The molecule has 3 rings (SSSR count). The summed E-state index contributed by atoms with van der Waals surface area (Å²) < 4.78 is 1.95. The van der Waals surface area contributed by atoms with E-state index in [1.54, 1.807) is 12.1 Å². The summed E-state index contributed by atoms with van der Waals surface area (Å²) in [5.41, 5.74) is 2.62. The van der Waals surface area contributed by atoms with Crippen LogP contribution >= 0.6 is 55.1 Å². The van der Waals surface area contributed by atoms with Crippen LogP contribution in [-0.4, -0.2) is 9.97 Å². The van der Waals surface area contributed by atoms with E-state index >= 15 is 0 Å². The molecule has 19 heavy (non-hydrogen) atoms. The van der Waals surface area contributed by atoms with Crippen LogP contribution in [0.1, 0.15) is 0 Å². The Morgan fingerprint density at radius 2 is 1.74 bits per heavy atom. The first-order valence-electron chi connectivity index (χ1n) is 5.35. The van der Waals surface area contributed by atoms with Gasteiger partial charge in [-0.2, -0.15) is 0 Å². The summed E-state index contributed by atoms with van der Waals surface area (Å²) in [5, 5.41) is 1.01. The van der Waals surface area contributed by atoms with Crippen LogP contribution in [0.4, 0.5) is 0 Å². The third-order valence-electron chi connectivity index (χ3n) is 2.71. The van der Waals surface area contributed by atoms with E-state index in [-0.39, 0.29) is 0 Å². The molecule has 0 unspecified atom stereocenters. The van der Waals surface area contributed by atoms with Crippen LogP contribution in [0.2, 0.25) is 10.0 Å². The van der Waals surface area contributed by atoms with Gasteiger partial charge in [-0.1, -0.05) is 55.1 Å². The standard InChI is InChI=1S/C13H6Br2Cl2N2/c14-6-1-2-8(15)7(3-6)13-18-11-4-9(16)10(17)5-12(11)19-13/h1-5H,(H,18,19). The van der Waals surface area contributed by atoms with Crippen LogP contribution in [-0.2, 0) is 0 Å². The molecule has 1 N–H and O–H groups in total. The molecule has 1 aromatic heterocycles. The molecule has 6 heteroatoms. The van der Waals surface area contributed by atoms with Gasteiger partial charge in [-0.15, -0.1) is 0 Å². The van der Waals surface area contributed by atoms with Crippen molar-refractivity contribution in [2.45, 2.75) is 0 Å². The van der Waals surface area contributed by atoms with E-state index in [2.05, 4.69) is 41.8 Å². The zero-order valence-corrected chi connectivity index (χ0v) is 14.0. The zero-order valence-electron chi connectivity index (χ0n) is 9.35. The fourth-order valence-corrected chi connectivity index (χ4v) is 2.93. The Kier molecular flexibility index (Phi) is 3.60. The van der Waals surface area contributed by atoms with E-state index < -0.39 is 0 Å². The molecule has 0 saturated carbocycles. The lowest BCUT2D eigenvalue weighted by Gasteiger charge is -2.01. The van der Waals surface area contributed by atoms with Gasteiger partial charge in [0.05, 0.1) is 21.1 Å². The molecule has 96 valence electrons. The first-order chi connectivity index (χ1) is 9.04. The molecule has 0 aliphatic carbocycles. The lowest BCUT2D eigenvalue weighted by Crippen LogP contribution is -1.82. The van der Waals surface area contributed by atoms with Crippen molar-refractivity contribution in [1.29, 1.82) is 0 Å². The number of nitrogens with zero attached hydrogens (tertiary/aromatic N) is 1. The van der Waals surface area contributed by atoms with Gasteiger partial charge in [0.15, 0.2) is 0 Å². The molecular formula is C13H6Br2Cl2N2. The molecule has 0 atom stereocenters. The summed E-state index contributed by atoms with van der Waals surface area (Å²) in [6, 6.07) is 9.45. The maximum Gasteiger partial charge on any atom is 0.139 e. The van der Waals surface area contributed by atoms with Gasteiger partial charge in [-0.25, -0.2) is 4.98 Å². The molecule has 2 nitrogen and oxygen atoms in total. The van der Waals surface area contributed by atoms with Gasteiger partial charge in [0.1, 0.15) is 5.82 Å². The van der Waals surface area contributed by atoms with Crippen molar-refractivity contribution < 1.29 is 0 Å². The Balaban J connectivity index is 2.23. The van der Waals surface area contributed by atoms with Crippen LogP contribution in [0.25, 0.3) is 22.4 Å². The van der Waals surface area contributed by atoms with E-state index in [0.29, 0.717) is 10.0 Å². The number of imidazole rings is 1. The summed E-state index contributed by atoms with van der Waals surface area (Å²) in [6.45, 7) is 0. The van der Waals surface area contributed by atoms with E-state index in [1.165, 1.54) is 0 Å². The predicted octanol–water partition coefficient (Wildman–Crippen LogP) is 6.06. The SMILES string of the molecule is Clc1cc2nc(-c3cc(Br)ccc3Br)[nH]c2cc1Cl. The van der Waals surface area contributed by atoms with Crippen molar-refractivity contribution in [3.63, 3.8) is 0 Å². The number of aromatic nitrogens is 2. The molecule has 0 fully saturated rings. The second kappa shape index (κ2) is 5.09. The number of benzene rings is 2. The van der Waals surface area contributed by atoms with Gasteiger partial charge in [-0.05, 0) is 30.3 Å². The smallest absolute Gasteiger partial charge is 0.139 e. The molecule has 2 aromatic carbocycles. The second-order valence-corrected chi connectivity index (χ2v) is 6.58. The summed E-state index contributed by atoms with van der Waals surface area (Å²) in [7, 11) is 0. The van der Waals surface area contributed by atoms with Crippen LogP contribution in [0.3, 0.4) is 0 Å². The van der Waals surface area contributed by atoms with E-state index in [0.717, 1.165) is 31.4 Å². The van der Waals surface area contributed by atoms with Gasteiger partial charge in [0.2, 0.25) is 0 Å². The molecule has 0 amide bonds. The monoisotopic (exact) mass is 418 g/mol. The molecule has 0 radical (unpaired) electrons. The number of hydrogen-bond acceptors (Lipinski definition) is 1. The topological polar surface area (TPSA) is 28.7 Å². The van der Waals surface area contributed by atoms with Crippen LogP contribution in [0.15, 0.2) is 39.3 Å². The Morgan fingerprint density at radius 1 is 1.00 bits per heavy atom. The number of fused-ring (bicyclic) bond motifs is 1. The number of rotatable bonds is 1. The number of H-pyrrole nitrogens is 1. The normalized spacial score (nSPS) is 11.2. The summed E-state index contributed by atoms with van der Waals surface area (Å²) in [4.78, 5) is 7.78. The van der Waals surface area contributed by atoms with Crippen LogP contribution in [0, 0.1) is 0 Å². The summed E-state index contributed by atoms with van der Waals surface area (Å²) >= 11 is 19.0. The van der Waals surface area contributed by atoms with Gasteiger partial charge >= 0.3 is 0 Å². The Labute approximate surface area is 136 Å². The molecule has 0 aliphatic rings. The Morgan fingerprint density at radius 3 is 2.53 bits per heavy atom. The average molecular weight is 421 g/mol. The van der Waals surface area contributed by atoms with Gasteiger partial charge in [0.25, 0.3) is 0 Å². The molecule has 0 bridgehead atoms. The highest BCUT2D eigenvalue weighted by Crippen LogP contribution is 2.32. The first kappa shape index (κ1) is 13.4. The summed E-state index contributed by atoms with van der Waals surface area (Å²) in [5.74, 6) is 0.765. The Bertz CT molecular complexity index is 745. The van der Waals surface area contributed by atoms with Crippen molar-refractivity contribution in [2.75, 3.05) is 0 Å². The largest absolute Gasteiger partial charge is 0.338 e. The van der Waals surface area contributed by atoms with E-state index in [4.69, 9.17) is 23.2 Å². The maximum absolute atomic E-state index is 6.00. The van der Waals surface area contributed by atoms with E-state index in [9.17, 15) is 0 Å². The minimum atomic E-state index is 0.500. The van der Waals surface area contributed by atoms with Gasteiger partial charge in [-0.3, -0.25) is 0 Å². The highest BCUT2D eigenvalue weighted by Gasteiger charge is 2.11. The molecular weight excluding hydrogens is 415 g/mol. The molecule has 0 spiro atoms. The molecule has 0 aliphatic heterocycles. The van der Waals surface area contributed by atoms with Crippen molar-refractivity contribution in [3.05, 3.63) is 49.3 Å². The zero-order chi connectivity index (χ0) is 13.6. The number of hydrogen-bond donors (Lipinski definition) is 1. The lowest BCUT2D eigenvalue weighted by atomic mass is 10.2. The molecule has 1 heterocycles. The first-order valence-corrected chi connectivity index (χ1v) is 7.69. The van der Waals surface area contributed by atoms with Crippen molar-refractivity contribution >= 4 is 66.1 Å². The van der Waals surface area contributed by atoms with Crippen molar-refractivity contribution in [3.8, 4) is 11.4 Å². The third kappa shape index (κ3) is 2.55. The molecule has 3 aromatic rings. The minimum Gasteiger partial charge on any atom is -0.338 e. The number of nitrogens with one attached hydrogen (secondary N) is 1. The second-order valence-electron chi connectivity index (χ2n) is 3.99. The number of aromatic amines is 1. The third-order valence-corrected chi connectivity index (χ3v) is 4.61. The fraction of sp³-hybridized carbons (Fsp3) is 0. The predicted molar refractivity (Wildman–Crippen MR) is 86.9 cm³/mol. The highest BCUT2D eigenvalue weighted by molar-refractivity contribution is 9.11. The lowest BCUT2D eigenvalue weighted by molar-refractivity contribution is 1.32. The quantitative estimate of drug-likeness (QED) is 0.509. The maximum atomic E-state index is 6.00. The molecule has 0 saturated heterocycles. The highest BCUT2D eigenvalue weighted by atomic mass is 79.9. The summed E-state index contributed by atoms with van der Waals surface area (Å²) in [6.07, 6.45) is 0. The number of halogens is 4. The average Bonchev–Trinajstić information content (AvgIpc) is 2.75. The van der Waals surface area contributed by atoms with Crippen LogP contribution in [0.5, 0.6) is 0 Å². The van der Waals surface area contributed by atoms with E-state index in [1.807, 2.05) is 18.2 Å². The Hall–Kier alpha value is -0.550. The van der Waals surface area contributed by atoms with Crippen LogP contribution < -0.4 is 0 Å². The van der Waals surface area contributed by atoms with Gasteiger partial charge < -0.3 is 4.98 Å². The van der Waals surface area contributed by atoms with Gasteiger partial charge in [0, 0.05) is 14.5 Å². The van der Waals surface area contributed by atoms with Crippen molar-refractivity contribution in [2.24, 2.45) is 0 Å². The minimum absolute atomic E-state index is 0.500. The van der Waals surface area contributed by atoms with Crippen molar-refractivity contribution in [1.82, 2.24) is 9.97 Å².